The fourth-order valence-corrected chi connectivity index (χ4v) is 4.88. The molecule has 21 heavy (non-hydrogen) atoms. The molecule has 0 saturated carbocycles. The highest BCUT2D eigenvalue weighted by Gasteiger charge is 2.32. The van der Waals surface area contributed by atoms with Crippen molar-refractivity contribution in [1.82, 2.24) is 14.7 Å². The van der Waals surface area contributed by atoms with Gasteiger partial charge in [0.25, 0.3) is 0 Å². The molecule has 0 fully saturated rings. The first-order valence-electron chi connectivity index (χ1n) is 8.04. The average Bonchev–Trinajstić information content (AvgIpc) is 2.19. The van der Waals surface area contributed by atoms with E-state index in [1.165, 1.54) is 12.5 Å². The van der Waals surface area contributed by atoms with Crippen molar-refractivity contribution < 1.29 is 4.43 Å². The summed E-state index contributed by atoms with van der Waals surface area (Å²) in [4.78, 5) is 7.00. The molecular formula is C16H39N3OSi. The summed E-state index contributed by atoms with van der Waals surface area (Å²) in [5.41, 5.74) is 0.351. The first-order chi connectivity index (χ1) is 9.46. The average molecular weight is 318 g/mol. The fraction of sp³-hybridized carbons (Fsp3) is 1.00. The van der Waals surface area contributed by atoms with E-state index in [0.717, 1.165) is 19.6 Å². The van der Waals surface area contributed by atoms with Crippen molar-refractivity contribution in [2.24, 2.45) is 5.41 Å². The van der Waals surface area contributed by atoms with Crippen LogP contribution in [-0.2, 0) is 4.43 Å². The minimum absolute atomic E-state index is 0.0273. The van der Waals surface area contributed by atoms with Crippen LogP contribution in [0.5, 0.6) is 0 Å². The van der Waals surface area contributed by atoms with Crippen LogP contribution in [0.25, 0.3) is 0 Å². The zero-order chi connectivity index (χ0) is 16.7. The number of nitrogens with zero attached hydrogens (tertiary/aromatic N) is 3. The van der Waals surface area contributed by atoms with Gasteiger partial charge in [-0.3, -0.25) is 0 Å². The minimum atomic E-state index is -0.430. The van der Waals surface area contributed by atoms with Gasteiger partial charge in [0.1, 0.15) is 0 Å². The Morgan fingerprint density at radius 3 is 1.43 bits per heavy atom. The molecule has 0 aromatic heterocycles. The maximum absolute atomic E-state index is 6.04. The number of hydrogen-bond donors (Lipinski definition) is 0. The van der Waals surface area contributed by atoms with Crippen molar-refractivity contribution in [2.45, 2.75) is 38.8 Å². The Hall–Kier alpha value is 0.0569. The molecule has 0 saturated heterocycles. The fourth-order valence-electron chi connectivity index (χ4n) is 3.23. The summed E-state index contributed by atoms with van der Waals surface area (Å²) < 4.78 is 6.04. The van der Waals surface area contributed by atoms with Crippen molar-refractivity contribution in [3.05, 3.63) is 0 Å². The van der Waals surface area contributed by atoms with Crippen LogP contribution in [-0.4, -0.2) is 92.0 Å². The van der Waals surface area contributed by atoms with E-state index in [4.69, 9.17) is 4.43 Å². The topological polar surface area (TPSA) is 19.0 Å². The zero-order valence-electron chi connectivity index (χ0n) is 16.0. The smallest absolute Gasteiger partial charge is 0.162 e. The van der Waals surface area contributed by atoms with Crippen LogP contribution in [0.4, 0.5) is 0 Å². The van der Waals surface area contributed by atoms with E-state index in [1.54, 1.807) is 0 Å². The monoisotopic (exact) mass is 317 g/mol. The number of hydrogen-bond acceptors (Lipinski definition) is 4. The van der Waals surface area contributed by atoms with Gasteiger partial charge in [0.05, 0.1) is 0 Å². The Morgan fingerprint density at radius 2 is 1.14 bits per heavy atom. The Labute approximate surface area is 135 Å². The van der Waals surface area contributed by atoms with Crippen LogP contribution in [0.2, 0.25) is 6.04 Å². The van der Waals surface area contributed by atoms with Crippen LogP contribution >= 0.6 is 0 Å². The Balaban J connectivity index is 4.73. The van der Waals surface area contributed by atoms with Gasteiger partial charge in [-0.05, 0) is 75.5 Å². The van der Waals surface area contributed by atoms with Gasteiger partial charge in [-0.1, -0.05) is 0 Å². The van der Waals surface area contributed by atoms with Crippen molar-refractivity contribution >= 4 is 9.76 Å². The lowest BCUT2D eigenvalue weighted by Crippen LogP contribution is -2.48. The van der Waals surface area contributed by atoms with Crippen LogP contribution < -0.4 is 0 Å². The molecule has 5 heteroatoms. The summed E-state index contributed by atoms with van der Waals surface area (Å²) in [6.45, 7) is 9.87. The lowest BCUT2D eigenvalue weighted by Gasteiger charge is -2.40. The summed E-state index contributed by atoms with van der Waals surface area (Å²) in [5, 5.41) is 0. The standard InChI is InChI=1S/C16H39N3OSi/c1-15(2,3)20-21-11-10-16(12-17(4)5,13-18(6)7)14-19(8)9/h10-14,21H2,1-9H3. The van der Waals surface area contributed by atoms with Gasteiger partial charge in [0.15, 0.2) is 9.76 Å². The van der Waals surface area contributed by atoms with Gasteiger partial charge < -0.3 is 19.1 Å². The minimum Gasteiger partial charge on any atom is -0.419 e. The van der Waals surface area contributed by atoms with Crippen molar-refractivity contribution in [3.63, 3.8) is 0 Å². The zero-order valence-corrected chi connectivity index (χ0v) is 17.4. The van der Waals surface area contributed by atoms with E-state index in [-0.39, 0.29) is 5.60 Å². The Kier molecular flexibility index (Phi) is 9.28. The summed E-state index contributed by atoms with van der Waals surface area (Å²) in [6, 6.07) is 1.26. The summed E-state index contributed by atoms with van der Waals surface area (Å²) in [7, 11) is 12.7. The molecule has 0 aliphatic carbocycles. The predicted molar refractivity (Wildman–Crippen MR) is 96.9 cm³/mol. The molecule has 0 unspecified atom stereocenters. The second kappa shape index (κ2) is 9.25. The van der Waals surface area contributed by atoms with Gasteiger partial charge in [0.2, 0.25) is 0 Å². The van der Waals surface area contributed by atoms with E-state index < -0.39 is 9.76 Å². The van der Waals surface area contributed by atoms with Crippen molar-refractivity contribution in [3.8, 4) is 0 Å². The molecule has 0 heterocycles. The molecule has 128 valence electrons. The third kappa shape index (κ3) is 11.3. The third-order valence-electron chi connectivity index (χ3n) is 3.34. The quantitative estimate of drug-likeness (QED) is 0.447. The van der Waals surface area contributed by atoms with Gasteiger partial charge in [0, 0.05) is 30.7 Å². The van der Waals surface area contributed by atoms with Gasteiger partial charge in [-0.15, -0.1) is 0 Å². The van der Waals surface area contributed by atoms with E-state index in [9.17, 15) is 0 Å². The molecule has 0 N–H and O–H groups in total. The molecule has 0 radical (unpaired) electrons. The lowest BCUT2D eigenvalue weighted by molar-refractivity contribution is 0.0965. The van der Waals surface area contributed by atoms with E-state index >= 15 is 0 Å². The van der Waals surface area contributed by atoms with Crippen LogP contribution in [0.3, 0.4) is 0 Å². The molecule has 0 spiro atoms. The summed E-state index contributed by atoms with van der Waals surface area (Å²) in [5.74, 6) is 0. The highest BCUT2D eigenvalue weighted by molar-refractivity contribution is 6.27. The van der Waals surface area contributed by atoms with E-state index in [1.807, 2.05) is 0 Å². The molecule has 0 aromatic carbocycles. The van der Waals surface area contributed by atoms with Crippen LogP contribution in [0.15, 0.2) is 0 Å². The summed E-state index contributed by atoms with van der Waals surface area (Å²) in [6.07, 6.45) is 1.25. The Bertz CT molecular complexity index is 249. The summed E-state index contributed by atoms with van der Waals surface area (Å²) >= 11 is 0. The molecule has 0 amide bonds. The highest BCUT2D eigenvalue weighted by atomic mass is 28.2. The number of rotatable bonds is 10. The maximum Gasteiger partial charge on any atom is 0.162 e. The SMILES string of the molecule is CN(C)CC(CC[SiH2]OC(C)(C)C)(CN(C)C)CN(C)C. The first kappa shape index (κ1) is 21.1. The predicted octanol–water partition coefficient (Wildman–Crippen LogP) is 1.36. The van der Waals surface area contributed by atoms with Gasteiger partial charge in [-0.2, -0.15) is 0 Å². The molecule has 0 aromatic rings. The Morgan fingerprint density at radius 1 is 0.762 bits per heavy atom. The van der Waals surface area contributed by atoms with E-state index in [0.29, 0.717) is 5.41 Å². The first-order valence-corrected chi connectivity index (χ1v) is 9.62. The molecule has 0 aliphatic rings. The molecule has 4 nitrogen and oxygen atoms in total. The maximum atomic E-state index is 6.04. The molecule has 0 aliphatic heterocycles. The van der Waals surface area contributed by atoms with Gasteiger partial charge in [-0.25, -0.2) is 0 Å². The van der Waals surface area contributed by atoms with Gasteiger partial charge >= 0.3 is 0 Å². The van der Waals surface area contributed by atoms with Crippen LogP contribution in [0.1, 0.15) is 27.2 Å². The lowest BCUT2D eigenvalue weighted by atomic mass is 9.83. The second-order valence-corrected chi connectivity index (χ2v) is 9.68. The second-order valence-electron chi connectivity index (χ2n) is 8.28. The molecule has 0 rings (SSSR count). The largest absolute Gasteiger partial charge is 0.419 e. The van der Waals surface area contributed by atoms with Crippen molar-refractivity contribution in [2.75, 3.05) is 61.9 Å². The highest BCUT2D eigenvalue weighted by Crippen LogP contribution is 2.27. The van der Waals surface area contributed by atoms with Crippen LogP contribution in [0, 0.1) is 5.41 Å². The molecule has 0 bridgehead atoms. The molecule has 0 atom stereocenters. The third-order valence-corrected chi connectivity index (χ3v) is 5.05. The normalized spacial score (nSPS) is 14.3. The van der Waals surface area contributed by atoms with Crippen molar-refractivity contribution in [1.29, 1.82) is 0 Å². The van der Waals surface area contributed by atoms with E-state index in [2.05, 4.69) is 77.8 Å². The molecular weight excluding hydrogens is 278 g/mol.